The summed E-state index contributed by atoms with van der Waals surface area (Å²) in [6.45, 7) is 2.18. The third-order valence-electron chi connectivity index (χ3n) is 3.60. The summed E-state index contributed by atoms with van der Waals surface area (Å²) in [7, 11) is 1.34. The number of pyridine rings is 1. The smallest absolute Gasteiger partial charge is 0.339 e. The Morgan fingerprint density at radius 2 is 2.05 bits per heavy atom. The highest BCUT2D eigenvalue weighted by atomic mass is 16.5. The maximum atomic E-state index is 10.8. The number of ether oxygens (including phenoxy) is 1. The van der Waals surface area contributed by atoms with E-state index in [1.807, 2.05) is 0 Å². The maximum absolute atomic E-state index is 10.8. The molecule has 3 nitrogen and oxygen atoms in total. The number of allylic oxidation sites excluding steroid dienone is 2. The van der Waals surface area contributed by atoms with Crippen LogP contribution in [0.5, 0.6) is 0 Å². The molecule has 0 amide bonds. The molecule has 0 atom stereocenters. The van der Waals surface area contributed by atoms with Crippen LogP contribution >= 0.6 is 0 Å². The second-order valence-corrected chi connectivity index (χ2v) is 4.93. The molecule has 104 valence electrons. The minimum atomic E-state index is -0.354. The van der Waals surface area contributed by atoms with Crippen molar-refractivity contribution >= 4 is 23.7 Å². The Hall–Kier alpha value is -2.68. The minimum Gasteiger partial charge on any atom is -0.465 e. The summed E-state index contributed by atoms with van der Waals surface area (Å²) in [5, 5.41) is 0. The van der Waals surface area contributed by atoms with Crippen molar-refractivity contribution in [3.05, 3.63) is 70.6 Å². The largest absolute Gasteiger partial charge is 0.465 e. The number of rotatable bonds is 1. The van der Waals surface area contributed by atoms with Crippen LogP contribution in [0.3, 0.4) is 0 Å². The number of hydrogen-bond acceptors (Lipinski definition) is 3. The van der Waals surface area contributed by atoms with E-state index in [-0.39, 0.29) is 5.97 Å². The molecule has 1 aromatic heterocycles. The van der Waals surface area contributed by atoms with Gasteiger partial charge in [0.1, 0.15) is 0 Å². The van der Waals surface area contributed by atoms with Crippen LogP contribution in [0.2, 0.25) is 0 Å². The van der Waals surface area contributed by atoms with Crippen molar-refractivity contribution in [1.29, 1.82) is 0 Å². The van der Waals surface area contributed by atoms with Crippen LogP contribution < -0.4 is 0 Å². The average molecular weight is 277 g/mol. The van der Waals surface area contributed by atoms with Crippen LogP contribution in [-0.2, 0) is 4.74 Å². The topological polar surface area (TPSA) is 39.2 Å². The number of carbonyl (C=O) groups excluding carboxylic acids is 1. The van der Waals surface area contributed by atoms with E-state index in [0.29, 0.717) is 5.56 Å². The first-order chi connectivity index (χ1) is 10.2. The molecule has 2 aliphatic carbocycles. The molecule has 0 spiro atoms. The molecule has 0 N–H and O–H groups in total. The number of benzene rings is 1. The predicted octanol–water partition coefficient (Wildman–Crippen LogP) is 3.74. The summed E-state index contributed by atoms with van der Waals surface area (Å²) in [4.78, 5) is 14.5. The lowest BCUT2D eigenvalue weighted by molar-refractivity contribution is 0.0600. The fourth-order valence-electron chi connectivity index (χ4n) is 2.58. The SMILES string of the molecule is COC(=O)c1cccnc1.Cc1ccc2c3c1C(=C2)C=C3. The predicted molar refractivity (Wildman–Crippen MR) is 83.7 cm³/mol. The van der Waals surface area contributed by atoms with Gasteiger partial charge in [-0.25, -0.2) is 4.79 Å². The van der Waals surface area contributed by atoms with Gasteiger partial charge in [-0.2, -0.15) is 0 Å². The summed E-state index contributed by atoms with van der Waals surface area (Å²) in [6, 6.07) is 7.74. The van der Waals surface area contributed by atoms with Crippen LogP contribution in [0.1, 0.15) is 32.6 Å². The molecule has 1 aromatic carbocycles. The van der Waals surface area contributed by atoms with Crippen molar-refractivity contribution in [3.63, 3.8) is 0 Å². The van der Waals surface area contributed by atoms with Crippen LogP contribution in [-0.4, -0.2) is 18.1 Å². The van der Waals surface area contributed by atoms with Crippen LogP contribution in [0.25, 0.3) is 17.7 Å². The monoisotopic (exact) mass is 277 g/mol. The number of aryl methyl sites for hydroxylation is 1. The van der Waals surface area contributed by atoms with Gasteiger partial charge in [0.05, 0.1) is 12.7 Å². The van der Waals surface area contributed by atoms with E-state index in [0.717, 1.165) is 0 Å². The molecule has 0 saturated carbocycles. The first-order valence-electron chi connectivity index (χ1n) is 6.73. The highest BCUT2D eigenvalue weighted by Gasteiger charge is 2.21. The lowest BCUT2D eigenvalue weighted by Crippen LogP contribution is -2.00. The number of nitrogens with zero attached hydrogens (tertiary/aromatic N) is 1. The molecule has 4 rings (SSSR count). The molecule has 0 fully saturated rings. The Labute approximate surface area is 123 Å². The lowest BCUT2D eigenvalue weighted by Gasteiger charge is -1.99. The van der Waals surface area contributed by atoms with Gasteiger partial charge in [0.2, 0.25) is 0 Å². The third-order valence-corrected chi connectivity index (χ3v) is 3.60. The highest BCUT2D eigenvalue weighted by molar-refractivity contribution is 6.06. The zero-order valence-electron chi connectivity index (χ0n) is 12.0. The molecule has 3 heteroatoms. The number of esters is 1. The molecule has 2 aromatic rings. The Morgan fingerprint density at radius 3 is 2.71 bits per heavy atom. The molecule has 0 aliphatic heterocycles. The van der Waals surface area contributed by atoms with E-state index in [1.165, 1.54) is 41.1 Å². The molecule has 21 heavy (non-hydrogen) atoms. The fraction of sp³-hybridized carbons (Fsp3) is 0.111. The molecule has 4 bridgehead atoms. The second-order valence-electron chi connectivity index (χ2n) is 4.93. The van der Waals surface area contributed by atoms with E-state index >= 15 is 0 Å². The lowest BCUT2D eigenvalue weighted by atomic mass is 10.0. The Morgan fingerprint density at radius 1 is 1.19 bits per heavy atom. The normalized spacial score (nSPS) is 12.6. The second kappa shape index (κ2) is 5.37. The summed E-state index contributed by atoms with van der Waals surface area (Å²) in [6.07, 6.45) is 9.74. The Bertz CT molecular complexity index is 758. The number of aromatic nitrogens is 1. The summed E-state index contributed by atoms with van der Waals surface area (Å²) >= 11 is 0. The summed E-state index contributed by atoms with van der Waals surface area (Å²) in [5.74, 6) is -0.354. The van der Waals surface area contributed by atoms with Crippen molar-refractivity contribution in [2.45, 2.75) is 6.92 Å². The maximum Gasteiger partial charge on any atom is 0.339 e. The molecule has 0 unspecified atom stereocenters. The summed E-state index contributed by atoms with van der Waals surface area (Å²) < 4.78 is 4.46. The van der Waals surface area contributed by atoms with E-state index in [4.69, 9.17) is 0 Å². The molecule has 0 saturated heterocycles. The number of hydrogen-bond donors (Lipinski definition) is 0. The van der Waals surface area contributed by atoms with Gasteiger partial charge < -0.3 is 4.74 Å². The first-order valence-corrected chi connectivity index (χ1v) is 6.73. The van der Waals surface area contributed by atoms with Gasteiger partial charge in [-0.3, -0.25) is 4.98 Å². The number of methoxy groups -OCH3 is 1. The van der Waals surface area contributed by atoms with Crippen molar-refractivity contribution in [2.24, 2.45) is 0 Å². The van der Waals surface area contributed by atoms with Gasteiger partial charge in [-0.1, -0.05) is 24.3 Å². The third kappa shape index (κ3) is 2.38. The standard InChI is InChI=1S/C11H8.C7H7NO2/c1-7-2-3-8-6-9-4-5-10(8)11(7)9;1-10-7(9)6-3-2-4-8-5-6/h2-6H,1H3;2-5H,1H3. The van der Waals surface area contributed by atoms with Gasteiger partial charge in [-0.05, 0) is 53.0 Å². The van der Waals surface area contributed by atoms with Crippen LogP contribution in [0, 0.1) is 6.92 Å². The van der Waals surface area contributed by atoms with Crippen LogP contribution in [0.4, 0.5) is 0 Å². The molecule has 1 heterocycles. The van der Waals surface area contributed by atoms with Gasteiger partial charge in [-0.15, -0.1) is 0 Å². The fourth-order valence-corrected chi connectivity index (χ4v) is 2.58. The molecule has 2 aliphatic rings. The zero-order valence-corrected chi connectivity index (χ0v) is 12.0. The van der Waals surface area contributed by atoms with Gasteiger partial charge in [0.15, 0.2) is 0 Å². The molecule has 0 radical (unpaired) electrons. The Kier molecular flexibility index (Phi) is 3.40. The summed E-state index contributed by atoms with van der Waals surface area (Å²) in [5.41, 5.74) is 7.56. The van der Waals surface area contributed by atoms with E-state index < -0.39 is 0 Å². The van der Waals surface area contributed by atoms with Crippen molar-refractivity contribution in [3.8, 4) is 0 Å². The molecular formula is C18H15NO2. The quantitative estimate of drug-likeness (QED) is 0.745. The van der Waals surface area contributed by atoms with Gasteiger partial charge in [0, 0.05) is 12.4 Å². The van der Waals surface area contributed by atoms with E-state index in [9.17, 15) is 4.79 Å². The average Bonchev–Trinajstić information content (AvgIpc) is 3.07. The zero-order chi connectivity index (χ0) is 14.8. The van der Waals surface area contributed by atoms with E-state index in [1.54, 1.807) is 18.3 Å². The minimum absolute atomic E-state index is 0.354. The first kappa shape index (κ1) is 13.3. The Balaban J connectivity index is 0.000000127. The van der Waals surface area contributed by atoms with Gasteiger partial charge >= 0.3 is 5.97 Å². The van der Waals surface area contributed by atoms with Gasteiger partial charge in [0.25, 0.3) is 0 Å². The van der Waals surface area contributed by atoms with E-state index in [2.05, 4.69) is 47.0 Å². The number of carbonyl (C=O) groups is 1. The van der Waals surface area contributed by atoms with Crippen molar-refractivity contribution in [1.82, 2.24) is 4.98 Å². The highest BCUT2D eigenvalue weighted by Crippen LogP contribution is 2.41. The van der Waals surface area contributed by atoms with Crippen molar-refractivity contribution < 1.29 is 9.53 Å². The molecular weight excluding hydrogens is 262 g/mol. The van der Waals surface area contributed by atoms with Crippen molar-refractivity contribution in [2.75, 3.05) is 7.11 Å². The van der Waals surface area contributed by atoms with Crippen LogP contribution in [0.15, 0.2) is 42.7 Å².